The van der Waals surface area contributed by atoms with Gasteiger partial charge in [-0.2, -0.15) is 8.42 Å². The first-order valence-corrected chi connectivity index (χ1v) is 7.93. The average Bonchev–Trinajstić information content (AvgIpc) is 3.00. The number of nitrogens with zero attached hydrogens (tertiary/aromatic N) is 1. The molecule has 0 aliphatic heterocycles. The molecule has 1 amide bonds. The van der Waals surface area contributed by atoms with Gasteiger partial charge in [-0.25, -0.2) is 9.71 Å². The lowest BCUT2D eigenvalue weighted by atomic mass is 10.1. The Labute approximate surface area is 113 Å². The van der Waals surface area contributed by atoms with Crippen molar-refractivity contribution in [2.45, 2.75) is 30.5 Å². The minimum absolute atomic E-state index is 0.155. The summed E-state index contributed by atoms with van der Waals surface area (Å²) in [5, 5.41) is 10.5. The van der Waals surface area contributed by atoms with Crippen LogP contribution in [0.25, 0.3) is 0 Å². The normalized spacial score (nSPS) is 16.9. The highest BCUT2D eigenvalue weighted by atomic mass is 32.2. The monoisotopic (exact) mass is 304 g/mol. The molecule has 19 heavy (non-hydrogen) atoms. The van der Waals surface area contributed by atoms with Gasteiger partial charge in [-0.15, -0.1) is 11.3 Å². The fraction of sp³-hybridized carbons (Fsp3) is 0.500. The van der Waals surface area contributed by atoms with Crippen LogP contribution in [-0.4, -0.2) is 30.4 Å². The van der Waals surface area contributed by atoms with Crippen molar-refractivity contribution >= 4 is 33.2 Å². The highest BCUT2D eigenvalue weighted by Crippen LogP contribution is 2.46. The van der Waals surface area contributed by atoms with Crippen LogP contribution in [0, 0.1) is 5.41 Å². The lowest BCUT2D eigenvalue weighted by molar-refractivity contribution is -0.148. The summed E-state index contributed by atoms with van der Waals surface area (Å²) >= 11 is 0.901. The summed E-state index contributed by atoms with van der Waals surface area (Å²) in [6.07, 6.45) is 0.891. The number of carbonyl (C=O) groups excluding carboxylic acids is 1. The van der Waals surface area contributed by atoms with E-state index in [9.17, 15) is 18.0 Å². The van der Waals surface area contributed by atoms with Crippen molar-refractivity contribution in [1.29, 1.82) is 0 Å². The van der Waals surface area contributed by atoms with Gasteiger partial charge in [0.1, 0.15) is 5.41 Å². The quantitative estimate of drug-likeness (QED) is 0.760. The third-order valence-electron chi connectivity index (χ3n) is 2.94. The maximum absolute atomic E-state index is 11.9. The number of carboxylic acid groups (broad SMARTS) is 1. The van der Waals surface area contributed by atoms with Gasteiger partial charge in [0, 0.05) is 5.38 Å². The Morgan fingerprint density at radius 1 is 1.53 bits per heavy atom. The fourth-order valence-electron chi connectivity index (χ4n) is 1.50. The number of amides is 1. The molecule has 0 unspecified atom stereocenters. The molecule has 1 aliphatic carbocycles. The molecule has 0 spiro atoms. The molecule has 0 atom stereocenters. The zero-order valence-electron chi connectivity index (χ0n) is 10.0. The van der Waals surface area contributed by atoms with Crippen LogP contribution in [0.3, 0.4) is 0 Å². The van der Waals surface area contributed by atoms with Crippen LogP contribution < -0.4 is 4.72 Å². The molecule has 1 aromatic rings. The second-order valence-electron chi connectivity index (χ2n) is 4.28. The highest BCUT2D eigenvalue weighted by Gasteiger charge is 2.58. The molecule has 9 heteroatoms. The molecular formula is C10H12N2O5S2. The van der Waals surface area contributed by atoms with Crippen molar-refractivity contribution in [3.8, 4) is 0 Å². The van der Waals surface area contributed by atoms with E-state index in [1.165, 1.54) is 0 Å². The molecule has 1 saturated carbocycles. The Morgan fingerprint density at radius 2 is 2.16 bits per heavy atom. The van der Waals surface area contributed by atoms with Gasteiger partial charge >= 0.3 is 5.97 Å². The maximum atomic E-state index is 11.9. The van der Waals surface area contributed by atoms with Crippen LogP contribution in [0.5, 0.6) is 0 Å². The lowest BCUT2D eigenvalue weighted by Gasteiger charge is -2.09. The predicted octanol–water partition coefficient (Wildman–Crippen LogP) is 0.375. The van der Waals surface area contributed by atoms with Gasteiger partial charge in [0.15, 0.2) is 0 Å². The number of thiazole rings is 1. The number of nitrogens with one attached hydrogen (secondary N) is 1. The van der Waals surface area contributed by atoms with E-state index >= 15 is 0 Å². The summed E-state index contributed by atoms with van der Waals surface area (Å²) < 4.78 is 25.4. The number of aromatic nitrogens is 1. The highest BCUT2D eigenvalue weighted by molar-refractivity contribution is 7.92. The zero-order valence-corrected chi connectivity index (χ0v) is 11.7. The van der Waals surface area contributed by atoms with Crippen LogP contribution in [0.15, 0.2) is 9.72 Å². The largest absolute Gasteiger partial charge is 0.480 e. The molecule has 7 nitrogen and oxygen atoms in total. The van der Waals surface area contributed by atoms with Crippen LogP contribution >= 0.6 is 11.3 Å². The number of rotatable bonds is 5. The predicted molar refractivity (Wildman–Crippen MR) is 66.1 cm³/mol. The van der Waals surface area contributed by atoms with Crippen molar-refractivity contribution in [1.82, 2.24) is 9.71 Å². The lowest BCUT2D eigenvalue weighted by Crippen LogP contribution is -2.40. The van der Waals surface area contributed by atoms with E-state index in [2.05, 4.69) is 4.98 Å². The number of hydrogen-bond donors (Lipinski definition) is 2. The summed E-state index contributed by atoms with van der Waals surface area (Å²) in [5.74, 6) is -2.29. The smallest absolute Gasteiger partial charge is 0.319 e. The average molecular weight is 304 g/mol. The Morgan fingerprint density at radius 3 is 2.58 bits per heavy atom. The number of carboxylic acids is 1. The number of aryl methyl sites for hydroxylation is 1. The van der Waals surface area contributed by atoms with E-state index in [-0.39, 0.29) is 17.2 Å². The number of carbonyl (C=O) groups is 2. The number of aliphatic carboxylic acids is 1. The summed E-state index contributed by atoms with van der Waals surface area (Å²) in [4.78, 5) is 26.5. The minimum atomic E-state index is -4.08. The van der Waals surface area contributed by atoms with Crippen molar-refractivity contribution in [2.24, 2.45) is 5.41 Å². The van der Waals surface area contributed by atoms with Crippen molar-refractivity contribution < 1.29 is 23.1 Å². The maximum Gasteiger partial charge on any atom is 0.319 e. The zero-order chi connectivity index (χ0) is 14.3. The molecule has 1 aromatic heterocycles. The molecule has 1 heterocycles. The van der Waals surface area contributed by atoms with Crippen LogP contribution in [-0.2, 0) is 26.0 Å². The Bertz CT molecular complexity index is 630. The van der Waals surface area contributed by atoms with E-state index in [1.807, 2.05) is 6.92 Å². The van der Waals surface area contributed by atoms with Gasteiger partial charge < -0.3 is 5.11 Å². The van der Waals surface area contributed by atoms with Gasteiger partial charge in [-0.05, 0) is 19.3 Å². The van der Waals surface area contributed by atoms with E-state index in [0.717, 1.165) is 11.3 Å². The fourth-order valence-corrected chi connectivity index (χ4v) is 3.67. The molecule has 104 valence electrons. The molecule has 2 rings (SSSR count). The minimum Gasteiger partial charge on any atom is -0.480 e. The van der Waals surface area contributed by atoms with Gasteiger partial charge in [-0.3, -0.25) is 9.59 Å². The number of sulfonamides is 1. The molecule has 0 aromatic carbocycles. The molecule has 0 saturated heterocycles. The first kappa shape index (κ1) is 13.9. The topological polar surface area (TPSA) is 113 Å². The molecular weight excluding hydrogens is 292 g/mol. The second kappa shape index (κ2) is 4.57. The molecule has 2 N–H and O–H groups in total. The van der Waals surface area contributed by atoms with Gasteiger partial charge in [0.25, 0.3) is 15.9 Å². The van der Waals surface area contributed by atoms with Gasteiger partial charge in [0.05, 0.1) is 5.69 Å². The summed E-state index contributed by atoms with van der Waals surface area (Å²) in [6, 6.07) is 0. The number of hydrogen-bond acceptors (Lipinski definition) is 6. The molecule has 0 bridgehead atoms. The van der Waals surface area contributed by atoms with Gasteiger partial charge in [-0.1, -0.05) is 6.92 Å². The van der Waals surface area contributed by atoms with E-state index in [4.69, 9.17) is 5.11 Å². The second-order valence-corrected chi connectivity index (χ2v) is 6.99. The van der Waals surface area contributed by atoms with E-state index < -0.39 is 27.3 Å². The van der Waals surface area contributed by atoms with Crippen molar-refractivity contribution in [2.75, 3.05) is 0 Å². The first-order chi connectivity index (χ1) is 8.82. The summed E-state index contributed by atoms with van der Waals surface area (Å²) in [5.41, 5.74) is -0.977. The summed E-state index contributed by atoms with van der Waals surface area (Å²) in [7, 11) is -4.08. The Balaban J connectivity index is 2.18. The molecule has 1 aliphatic rings. The SMILES string of the molecule is CCc1csc(S(=O)(=O)NC(=O)C2(C(=O)O)CC2)n1. The van der Waals surface area contributed by atoms with Crippen molar-refractivity contribution in [3.63, 3.8) is 0 Å². The Hall–Kier alpha value is -1.48. The van der Waals surface area contributed by atoms with Gasteiger partial charge in [0.2, 0.25) is 4.34 Å². The first-order valence-electron chi connectivity index (χ1n) is 5.57. The van der Waals surface area contributed by atoms with E-state index in [1.54, 1.807) is 10.1 Å². The van der Waals surface area contributed by atoms with Crippen LogP contribution in [0.4, 0.5) is 0 Å². The summed E-state index contributed by atoms with van der Waals surface area (Å²) in [6.45, 7) is 1.83. The Kier molecular flexibility index (Phi) is 3.35. The third-order valence-corrected chi connectivity index (χ3v) is 5.58. The molecule has 0 radical (unpaired) electrons. The van der Waals surface area contributed by atoms with Crippen molar-refractivity contribution in [3.05, 3.63) is 11.1 Å². The van der Waals surface area contributed by atoms with Crippen LogP contribution in [0.2, 0.25) is 0 Å². The van der Waals surface area contributed by atoms with Crippen LogP contribution in [0.1, 0.15) is 25.5 Å². The standard InChI is InChI=1S/C10H12N2O5S2/c1-2-6-5-18-9(11-6)19(16,17)12-7(13)10(3-4-10)8(14)15/h5H,2-4H2,1H3,(H,12,13)(H,14,15). The third kappa shape index (κ3) is 2.47. The molecule has 1 fully saturated rings. The van der Waals surface area contributed by atoms with E-state index in [0.29, 0.717) is 12.1 Å².